The van der Waals surface area contributed by atoms with Crippen molar-refractivity contribution in [2.24, 2.45) is 0 Å². The van der Waals surface area contributed by atoms with Gasteiger partial charge < -0.3 is 5.32 Å². The van der Waals surface area contributed by atoms with E-state index in [1.54, 1.807) is 0 Å². The number of carbonyl (C=O) groups excluding carboxylic acids is 1. The first-order chi connectivity index (χ1) is 4.30. The normalized spacial score (nSPS) is 29.9. The molecule has 1 aliphatic heterocycles. The maximum absolute atomic E-state index is 10.9. The molecule has 1 unspecified atom stereocenters. The molecule has 3 heteroatoms. The van der Waals surface area contributed by atoms with Crippen LogP contribution in [0.4, 0.5) is 0 Å². The van der Waals surface area contributed by atoms with Gasteiger partial charge in [-0.3, -0.25) is 4.79 Å². The van der Waals surface area contributed by atoms with E-state index in [9.17, 15) is 4.79 Å². The van der Waals surface area contributed by atoms with Crippen LogP contribution in [-0.2, 0) is 4.79 Å². The number of Topliss-reactive ketones (excluding diaryl/α,β-unsaturated/α-hetero) is 1. The summed E-state index contributed by atoms with van der Waals surface area (Å²) in [5, 5.41) is 3.12. The Labute approximate surface area is 60.4 Å². The molecule has 0 saturated carbocycles. The quantitative estimate of drug-likeness (QED) is 0.478. The predicted molar refractivity (Wildman–Crippen MR) is 39.9 cm³/mol. The molecule has 2 nitrogen and oxygen atoms in total. The van der Waals surface area contributed by atoms with Crippen LogP contribution in [0.5, 0.6) is 0 Å². The summed E-state index contributed by atoms with van der Waals surface area (Å²) >= 11 is 4.14. The summed E-state index contributed by atoms with van der Waals surface area (Å²) in [6.07, 6.45) is 1.52. The van der Waals surface area contributed by atoms with Crippen molar-refractivity contribution in [3.05, 3.63) is 0 Å². The molecule has 0 aromatic rings. The van der Waals surface area contributed by atoms with E-state index in [2.05, 4.69) is 17.9 Å². The van der Waals surface area contributed by atoms with Gasteiger partial charge in [-0.1, -0.05) is 0 Å². The molecule has 1 rings (SSSR count). The van der Waals surface area contributed by atoms with Gasteiger partial charge in [-0.05, 0) is 13.0 Å². The molecule has 1 N–H and O–H groups in total. The van der Waals surface area contributed by atoms with Crippen molar-refractivity contribution < 1.29 is 4.79 Å². The van der Waals surface area contributed by atoms with Crippen molar-refractivity contribution in [2.75, 3.05) is 13.1 Å². The second kappa shape index (κ2) is 3.22. The van der Waals surface area contributed by atoms with Gasteiger partial charge in [0.15, 0.2) is 0 Å². The van der Waals surface area contributed by atoms with Crippen LogP contribution in [0, 0.1) is 0 Å². The average molecular weight is 145 g/mol. The van der Waals surface area contributed by atoms with Crippen molar-refractivity contribution >= 4 is 18.4 Å². The van der Waals surface area contributed by atoms with E-state index in [4.69, 9.17) is 0 Å². The van der Waals surface area contributed by atoms with Crippen LogP contribution in [-0.4, -0.2) is 24.1 Å². The number of ketones is 1. The molecule has 9 heavy (non-hydrogen) atoms. The maximum Gasteiger partial charge on any atom is 0.146 e. The molecule has 1 heterocycles. The summed E-state index contributed by atoms with van der Waals surface area (Å²) in [6.45, 7) is 1.76. The lowest BCUT2D eigenvalue weighted by atomic mass is 10.2. The van der Waals surface area contributed by atoms with Crippen molar-refractivity contribution in [1.29, 1.82) is 0 Å². The van der Waals surface area contributed by atoms with Crippen LogP contribution in [0.15, 0.2) is 0 Å². The summed E-state index contributed by atoms with van der Waals surface area (Å²) in [7, 11) is 0. The molecule has 0 aromatic carbocycles. The first kappa shape index (κ1) is 7.09. The molecule has 1 fully saturated rings. The van der Waals surface area contributed by atoms with Gasteiger partial charge in [-0.15, -0.1) is 0 Å². The summed E-state index contributed by atoms with van der Waals surface area (Å²) in [4.78, 5) is 10.9. The summed E-state index contributed by atoms with van der Waals surface area (Å²) in [5.41, 5.74) is 0. The van der Waals surface area contributed by atoms with Crippen LogP contribution >= 0.6 is 12.6 Å². The first-order valence-corrected chi connectivity index (χ1v) is 3.74. The van der Waals surface area contributed by atoms with Gasteiger partial charge in [-0.25, -0.2) is 0 Å². The largest absolute Gasteiger partial charge is 0.316 e. The minimum absolute atomic E-state index is 0.0139. The fourth-order valence-corrected chi connectivity index (χ4v) is 1.16. The predicted octanol–water partition coefficient (Wildman–Crippen LogP) is 0.237. The standard InChI is InChI=1S/C6H11NOS/c8-5-1-3-7-4-2-6(5)9/h6-7,9H,1-4H2. The van der Waals surface area contributed by atoms with E-state index < -0.39 is 0 Å². The van der Waals surface area contributed by atoms with Crippen LogP contribution in [0.2, 0.25) is 0 Å². The molecule has 0 spiro atoms. The van der Waals surface area contributed by atoms with Crippen molar-refractivity contribution in [1.82, 2.24) is 5.32 Å². The molecule has 0 amide bonds. The molecule has 1 aliphatic rings. The van der Waals surface area contributed by atoms with Crippen LogP contribution < -0.4 is 5.32 Å². The van der Waals surface area contributed by atoms with Crippen LogP contribution in [0.3, 0.4) is 0 Å². The maximum atomic E-state index is 10.9. The van der Waals surface area contributed by atoms with Crippen molar-refractivity contribution in [2.45, 2.75) is 18.1 Å². The SMILES string of the molecule is O=C1CCNCCC1S. The van der Waals surface area contributed by atoms with Crippen molar-refractivity contribution in [3.63, 3.8) is 0 Å². The van der Waals surface area contributed by atoms with Gasteiger partial charge in [0.1, 0.15) is 5.78 Å². The third-order valence-electron chi connectivity index (χ3n) is 1.51. The number of hydrogen-bond acceptors (Lipinski definition) is 3. The Bertz CT molecular complexity index is 116. The third-order valence-corrected chi connectivity index (χ3v) is 2.06. The highest BCUT2D eigenvalue weighted by molar-refractivity contribution is 7.81. The highest BCUT2D eigenvalue weighted by atomic mass is 32.1. The Hall–Kier alpha value is -0.0200. The van der Waals surface area contributed by atoms with E-state index >= 15 is 0 Å². The van der Waals surface area contributed by atoms with E-state index in [1.165, 1.54) is 0 Å². The number of rotatable bonds is 0. The lowest BCUT2D eigenvalue weighted by molar-refractivity contribution is -0.118. The van der Waals surface area contributed by atoms with Gasteiger partial charge in [0, 0.05) is 13.0 Å². The smallest absolute Gasteiger partial charge is 0.146 e. The molecule has 0 aliphatic carbocycles. The van der Waals surface area contributed by atoms with Gasteiger partial charge in [0.05, 0.1) is 5.25 Å². The lowest BCUT2D eigenvalue weighted by Gasteiger charge is -2.00. The van der Waals surface area contributed by atoms with Gasteiger partial charge in [0.25, 0.3) is 0 Å². The first-order valence-electron chi connectivity index (χ1n) is 3.22. The Morgan fingerprint density at radius 1 is 1.56 bits per heavy atom. The molecular weight excluding hydrogens is 134 g/mol. The minimum Gasteiger partial charge on any atom is -0.316 e. The second-order valence-corrected chi connectivity index (χ2v) is 2.89. The minimum atomic E-state index is -0.0139. The van der Waals surface area contributed by atoms with E-state index in [0.29, 0.717) is 6.42 Å². The topological polar surface area (TPSA) is 29.1 Å². The summed E-state index contributed by atoms with van der Waals surface area (Å²) < 4.78 is 0. The Kier molecular flexibility index (Phi) is 2.54. The monoisotopic (exact) mass is 145 g/mol. The summed E-state index contributed by atoms with van der Waals surface area (Å²) in [6, 6.07) is 0. The molecule has 1 atom stereocenters. The fraction of sp³-hybridized carbons (Fsp3) is 0.833. The molecular formula is C6H11NOS. The fourth-order valence-electron chi connectivity index (χ4n) is 0.903. The third kappa shape index (κ3) is 1.99. The number of thiol groups is 1. The molecule has 52 valence electrons. The lowest BCUT2D eigenvalue weighted by Crippen LogP contribution is -2.13. The van der Waals surface area contributed by atoms with Gasteiger partial charge in [0.2, 0.25) is 0 Å². The highest BCUT2D eigenvalue weighted by Gasteiger charge is 2.15. The number of nitrogens with one attached hydrogen (secondary N) is 1. The molecule has 0 bridgehead atoms. The zero-order valence-corrected chi connectivity index (χ0v) is 6.16. The average Bonchev–Trinajstić information content (AvgIpc) is 1.99. The molecule has 0 aromatic heterocycles. The van der Waals surface area contributed by atoms with E-state index in [1.807, 2.05) is 0 Å². The number of hydrogen-bond donors (Lipinski definition) is 2. The highest BCUT2D eigenvalue weighted by Crippen LogP contribution is 2.06. The Balaban J connectivity index is 2.41. The Morgan fingerprint density at radius 2 is 2.33 bits per heavy atom. The van der Waals surface area contributed by atoms with E-state index in [0.717, 1.165) is 19.5 Å². The number of carbonyl (C=O) groups is 1. The van der Waals surface area contributed by atoms with Gasteiger partial charge in [-0.2, -0.15) is 12.6 Å². The summed E-state index contributed by atoms with van der Waals surface area (Å²) in [5.74, 6) is 0.281. The molecule has 0 radical (unpaired) electrons. The second-order valence-electron chi connectivity index (χ2n) is 2.27. The van der Waals surface area contributed by atoms with Crippen molar-refractivity contribution in [3.8, 4) is 0 Å². The van der Waals surface area contributed by atoms with Crippen LogP contribution in [0.25, 0.3) is 0 Å². The Morgan fingerprint density at radius 3 is 3.11 bits per heavy atom. The van der Waals surface area contributed by atoms with Gasteiger partial charge >= 0.3 is 0 Å². The van der Waals surface area contributed by atoms with E-state index in [-0.39, 0.29) is 11.0 Å². The zero-order valence-electron chi connectivity index (χ0n) is 5.26. The molecule has 1 saturated heterocycles. The van der Waals surface area contributed by atoms with Crippen LogP contribution in [0.1, 0.15) is 12.8 Å². The zero-order chi connectivity index (χ0) is 6.69.